The summed E-state index contributed by atoms with van der Waals surface area (Å²) in [7, 11) is 0. The molecule has 0 bridgehead atoms. The van der Waals surface area contributed by atoms with Crippen molar-refractivity contribution in [2.45, 2.75) is 25.3 Å². The number of carbonyl (C=O) groups is 1. The van der Waals surface area contributed by atoms with E-state index < -0.39 is 0 Å². The second-order valence-electron chi connectivity index (χ2n) is 4.78. The van der Waals surface area contributed by atoms with Crippen molar-refractivity contribution in [1.29, 1.82) is 0 Å². The van der Waals surface area contributed by atoms with Crippen LogP contribution in [-0.2, 0) is 0 Å². The fourth-order valence-electron chi connectivity index (χ4n) is 3.00. The van der Waals surface area contributed by atoms with Crippen LogP contribution < -0.4 is 4.90 Å². The largest absolute Gasteiger partial charge is 0.330 e. The molecule has 4 nitrogen and oxygen atoms in total. The Bertz CT molecular complexity index is 616. The van der Waals surface area contributed by atoms with Crippen LogP contribution in [-0.4, -0.2) is 28.0 Å². The summed E-state index contributed by atoms with van der Waals surface area (Å²) in [5, 5.41) is 0. The Labute approximate surface area is 98.9 Å². The Morgan fingerprint density at radius 2 is 2.12 bits per heavy atom. The van der Waals surface area contributed by atoms with Crippen molar-refractivity contribution < 1.29 is 4.79 Å². The lowest BCUT2D eigenvalue weighted by molar-refractivity contribution is 0.0895. The Hall–Kier alpha value is -1.84. The number of anilines is 1. The second kappa shape index (κ2) is 3.09. The van der Waals surface area contributed by atoms with Crippen molar-refractivity contribution in [2.75, 3.05) is 11.4 Å². The third-order valence-electron chi connectivity index (χ3n) is 3.81. The average Bonchev–Trinajstić information content (AvgIpc) is 2.88. The maximum absolute atomic E-state index is 12.4. The van der Waals surface area contributed by atoms with Gasteiger partial charge < -0.3 is 4.90 Å². The highest BCUT2D eigenvalue weighted by atomic mass is 16.2. The maximum atomic E-state index is 12.4. The molecule has 1 atom stereocenters. The monoisotopic (exact) mass is 227 g/mol. The fraction of sp³-hybridized carbons (Fsp3) is 0.385. The van der Waals surface area contributed by atoms with E-state index in [9.17, 15) is 4.79 Å². The van der Waals surface area contributed by atoms with E-state index in [0.29, 0.717) is 0 Å². The Morgan fingerprint density at radius 1 is 1.24 bits per heavy atom. The predicted octanol–water partition coefficient (Wildman–Crippen LogP) is 2.05. The van der Waals surface area contributed by atoms with Crippen LogP contribution in [0.4, 0.5) is 5.95 Å². The molecular weight excluding hydrogens is 214 g/mol. The van der Waals surface area contributed by atoms with E-state index in [1.54, 1.807) is 4.57 Å². The second-order valence-corrected chi connectivity index (χ2v) is 4.78. The first-order valence-electron chi connectivity index (χ1n) is 6.14. The van der Waals surface area contributed by atoms with Gasteiger partial charge in [-0.3, -0.25) is 4.79 Å². The zero-order valence-electron chi connectivity index (χ0n) is 9.47. The molecule has 0 aliphatic carbocycles. The van der Waals surface area contributed by atoms with Crippen molar-refractivity contribution in [2.24, 2.45) is 0 Å². The zero-order chi connectivity index (χ0) is 11.4. The van der Waals surface area contributed by atoms with Crippen molar-refractivity contribution in [1.82, 2.24) is 9.55 Å². The van der Waals surface area contributed by atoms with Gasteiger partial charge in [-0.25, -0.2) is 9.55 Å². The molecule has 1 aromatic heterocycles. The van der Waals surface area contributed by atoms with Crippen LogP contribution in [0.5, 0.6) is 0 Å². The number of benzene rings is 1. The van der Waals surface area contributed by atoms with Crippen LogP contribution in [0.1, 0.15) is 24.1 Å². The number of carbonyl (C=O) groups excluding carboxylic acids is 1. The van der Waals surface area contributed by atoms with E-state index in [1.165, 1.54) is 0 Å². The minimum absolute atomic E-state index is 0.0378. The highest BCUT2D eigenvalue weighted by Crippen LogP contribution is 2.34. The molecule has 2 aliphatic rings. The topological polar surface area (TPSA) is 38.1 Å². The average molecular weight is 227 g/mol. The van der Waals surface area contributed by atoms with E-state index >= 15 is 0 Å². The lowest BCUT2D eigenvalue weighted by atomic mass is 10.0. The highest BCUT2D eigenvalue weighted by molar-refractivity contribution is 6.01. The third kappa shape index (κ3) is 1.07. The smallest absolute Gasteiger partial charge is 0.256 e. The molecule has 17 heavy (non-hydrogen) atoms. The molecule has 3 heterocycles. The van der Waals surface area contributed by atoms with Gasteiger partial charge in [-0.15, -0.1) is 0 Å². The van der Waals surface area contributed by atoms with Gasteiger partial charge in [0.2, 0.25) is 5.95 Å². The Balaban J connectivity index is 1.99. The van der Waals surface area contributed by atoms with Gasteiger partial charge >= 0.3 is 0 Å². The molecule has 4 rings (SSSR count). The molecule has 86 valence electrons. The van der Waals surface area contributed by atoms with Crippen molar-refractivity contribution in [3.05, 3.63) is 24.3 Å². The van der Waals surface area contributed by atoms with Gasteiger partial charge in [0.05, 0.1) is 11.0 Å². The van der Waals surface area contributed by atoms with Crippen LogP contribution in [0, 0.1) is 0 Å². The molecule has 2 aliphatic heterocycles. The normalized spacial score (nSPS) is 22.9. The standard InChI is InChI=1S/C13H13N3O/c17-12-11-7-3-4-8-15(11)13-14-9-5-1-2-6-10(9)16(12)13/h1-2,5-6,11H,3-4,7-8H2. The van der Waals surface area contributed by atoms with Crippen LogP contribution in [0.25, 0.3) is 11.0 Å². The molecule has 1 saturated heterocycles. The number of imidazole rings is 1. The van der Waals surface area contributed by atoms with Gasteiger partial charge in [-0.2, -0.15) is 0 Å². The van der Waals surface area contributed by atoms with Gasteiger partial charge in [0.15, 0.2) is 0 Å². The summed E-state index contributed by atoms with van der Waals surface area (Å²) in [4.78, 5) is 19.2. The highest BCUT2D eigenvalue weighted by Gasteiger charge is 2.40. The van der Waals surface area contributed by atoms with E-state index in [2.05, 4.69) is 9.88 Å². The quantitative estimate of drug-likeness (QED) is 0.691. The number of hydrogen-bond donors (Lipinski definition) is 0. The Kier molecular flexibility index (Phi) is 1.68. The summed E-state index contributed by atoms with van der Waals surface area (Å²) in [6.45, 7) is 0.958. The third-order valence-corrected chi connectivity index (χ3v) is 3.81. The predicted molar refractivity (Wildman–Crippen MR) is 65.3 cm³/mol. The van der Waals surface area contributed by atoms with Crippen molar-refractivity contribution in [3.63, 3.8) is 0 Å². The maximum Gasteiger partial charge on any atom is 0.256 e. The molecule has 0 N–H and O–H groups in total. The first-order valence-corrected chi connectivity index (χ1v) is 6.14. The number of rotatable bonds is 0. The summed E-state index contributed by atoms with van der Waals surface area (Å²) in [6, 6.07) is 7.90. The van der Waals surface area contributed by atoms with Gasteiger partial charge in [0.25, 0.3) is 5.91 Å². The Morgan fingerprint density at radius 3 is 3.06 bits per heavy atom. The van der Waals surface area contributed by atoms with Crippen LogP contribution in [0.15, 0.2) is 24.3 Å². The zero-order valence-corrected chi connectivity index (χ0v) is 9.47. The van der Waals surface area contributed by atoms with Gasteiger partial charge in [0.1, 0.15) is 6.04 Å². The SMILES string of the molecule is O=C1C2CCCCN2c2nc3ccccc3n21. The van der Waals surface area contributed by atoms with E-state index in [4.69, 9.17) is 0 Å². The molecule has 0 spiro atoms. The van der Waals surface area contributed by atoms with Crippen LogP contribution in [0.3, 0.4) is 0 Å². The number of para-hydroxylation sites is 2. The first kappa shape index (κ1) is 9.22. The minimum Gasteiger partial charge on any atom is -0.330 e. The lowest BCUT2D eigenvalue weighted by Crippen LogP contribution is -2.40. The van der Waals surface area contributed by atoms with Gasteiger partial charge in [-0.1, -0.05) is 12.1 Å². The molecule has 1 fully saturated rings. The molecule has 1 aromatic carbocycles. The first-order chi connectivity index (χ1) is 8.36. The number of hydrogen-bond acceptors (Lipinski definition) is 3. The fourth-order valence-corrected chi connectivity index (χ4v) is 3.00. The minimum atomic E-state index is 0.0378. The van der Waals surface area contributed by atoms with Crippen molar-refractivity contribution >= 4 is 22.9 Å². The van der Waals surface area contributed by atoms with E-state index in [0.717, 1.165) is 42.8 Å². The summed E-state index contributed by atoms with van der Waals surface area (Å²) < 4.78 is 1.80. The lowest BCUT2D eigenvalue weighted by Gasteiger charge is -2.27. The van der Waals surface area contributed by atoms with Crippen molar-refractivity contribution in [3.8, 4) is 0 Å². The molecule has 0 radical (unpaired) electrons. The van der Waals surface area contributed by atoms with Gasteiger partial charge in [-0.05, 0) is 31.4 Å². The van der Waals surface area contributed by atoms with Gasteiger partial charge in [0, 0.05) is 6.54 Å². The molecule has 1 unspecified atom stereocenters. The molecular formula is C13H13N3O. The number of piperidine rings is 1. The molecule has 0 saturated carbocycles. The molecule has 0 amide bonds. The summed E-state index contributed by atoms with van der Waals surface area (Å²) in [5.74, 6) is 1.05. The van der Waals surface area contributed by atoms with E-state index in [1.807, 2.05) is 24.3 Å². The summed E-state index contributed by atoms with van der Waals surface area (Å²) in [6.07, 6.45) is 3.28. The van der Waals surface area contributed by atoms with Crippen LogP contribution >= 0.6 is 0 Å². The van der Waals surface area contributed by atoms with E-state index in [-0.39, 0.29) is 11.9 Å². The number of aromatic nitrogens is 2. The number of fused-ring (bicyclic) bond motifs is 5. The summed E-state index contributed by atoms with van der Waals surface area (Å²) in [5.41, 5.74) is 1.86. The van der Waals surface area contributed by atoms with Crippen LogP contribution in [0.2, 0.25) is 0 Å². The summed E-state index contributed by atoms with van der Waals surface area (Å²) >= 11 is 0. The number of nitrogens with zero attached hydrogens (tertiary/aromatic N) is 3. The molecule has 2 aromatic rings. The molecule has 4 heteroatoms.